The van der Waals surface area contributed by atoms with Gasteiger partial charge in [-0.3, -0.25) is 4.68 Å². The molecule has 7 nitrogen and oxygen atoms in total. The van der Waals surface area contributed by atoms with E-state index in [2.05, 4.69) is 15.2 Å². The summed E-state index contributed by atoms with van der Waals surface area (Å²) in [6.07, 6.45) is 1.79. The molecule has 1 N–H and O–H groups in total. The van der Waals surface area contributed by atoms with Crippen LogP contribution in [-0.2, 0) is 7.05 Å². The van der Waals surface area contributed by atoms with E-state index in [0.717, 1.165) is 0 Å². The molecule has 0 atom stereocenters. The van der Waals surface area contributed by atoms with E-state index < -0.39 is 0 Å². The third-order valence-electron chi connectivity index (χ3n) is 2.82. The van der Waals surface area contributed by atoms with E-state index in [-0.39, 0.29) is 11.6 Å². The van der Waals surface area contributed by atoms with Crippen LogP contribution >= 0.6 is 0 Å². The van der Waals surface area contributed by atoms with Crippen molar-refractivity contribution in [1.29, 1.82) is 0 Å². The fraction of sp³-hybridized carbons (Fsp3) is 0.154. The first-order valence-corrected chi connectivity index (χ1v) is 5.89. The number of phenols is 1. The summed E-state index contributed by atoms with van der Waals surface area (Å²) in [5.41, 5.74) is 1.02. The van der Waals surface area contributed by atoms with Gasteiger partial charge >= 0.3 is 0 Å². The molecule has 3 rings (SSSR count). The number of hydrogen-bond donors (Lipinski definition) is 1. The van der Waals surface area contributed by atoms with Gasteiger partial charge in [0, 0.05) is 13.2 Å². The third-order valence-corrected chi connectivity index (χ3v) is 2.82. The average molecular weight is 272 g/mol. The molecular formula is C13H12N4O3. The summed E-state index contributed by atoms with van der Waals surface area (Å²) < 4.78 is 11.9. The van der Waals surface area contributed by atoms with Gasteiger partial charge in [0.15, 0.2) is 11.5 Å². The summed E-state index contributed by atoms with van der Waals surface area (Å²) >= 11 is 0. The summed E-state index contributed by atoms with van der Waals surface area (Å²) in [5.74, 6) is 0.885. The van der Waals surface area contributed by atoms with Crippen molar-refractivity contribution in [2.75, 3.05) is 7.11 Å². The van der Waals surface area contributed by atoms with Crippen LogP contribution in [0.2, 0.25) is 0 Å². The molecule has 0 radical (unpaired) electrons. The number of ether oxygens (including phenoxy) is 1. The van der Waals surface area contributed by atoms with E-state index in [1.807, 2.05) is 0 Å². The maximum atomic E-state index is 10.1. The van der Waals surface area contributed by atoms with E-state index in [0.29, 0.717) is 22.8 Å². The van der Waals surface area contributed by atoms with E-state index in [1.54, 1.807) is 42.2 Å². The zero-order valence-electron chi connectivity index (χ0n) is 10.9. The monoisotopic (exact) mass is 272 g/mol. The smallest absolute Gasteiger partial charge is 0.262 e. The third kappa shape index (κ3) is 1.99. The summed E-state index contributed by atoms with van der Waals surface area (Å²) in [5, 5.41) is 18.1. The van der Waals surface area contributed by atoms with Gasteiger partial charge in [0.25, 0.3) is 5.89 Å². The van der Waals surface area contributed by atoms with Gasteiger partial charge in [0.2, 0.25) is 5.82 Å². The molecule has 0 aliphatic rings. The van der Waals surface area contributed by atoms with Gasteiger partial charge in [-0.15, -0.1) is 0 Å². The topological polar surface area (TPSA) is 86.2 Å². The molecule has 102 valence electrons. The van der Waals surface area contributed by atoms with Crippen molar-refractivity contribution in [2.24, 2.45) is 7.05 Å². The number of aromatic nitrogens is 4. The van der Waals surface area contributed by atoms with E-state index >= 15 is 0 Å². The van der Waals surface area contributed by atoms with Crippen LogP contribution in [0.1, 0.15) is 0 Å². The summed E-state index contributed by atoms with van der Waals surface area (Å²) in [6, 6.07) is 6.83. The highest BCUT2D eigenvalue weighted by atomic mass is 16.5. The van der Waals surface area contributed by atoms with Crippen LogP contribution in [-0.4, -0.2) is 32.1 Å². The Bertz CT molecular complexity index is 748. The molecule has 3 aromatic rings. The number of phenolic OH excluding ortho intramolecular Hbond substituents is 1. The molecule has 0 amide bonds. The zero-order valence-corrected chi connectivity index (χ0v) is 10.9. The molecule has 2 heterocycles. The average Bonchev–Trinajstić information content (AvgIpc) is 3.07. The number of aryl methyl sites for hydroxylation is 1. The summed E-state index contributed by atoms with van der Waals surface area (Å²) in [7, 11) is 3.28. The molecule has 0 saturated carbocycles. The Hall–Kier alpha value is -2.83. The first-order valence-electron chi connectivity index (χ1n) is 5.89. The van der Waals surface area contributed by atoms with Crippen LogP contribution in [0.5, 0.6) is 11.5 Å². The van der Waals surface area contributed by atoms with E-state index in [9.17, 15) is 5.11 Å². The second-order valence-electron chi connectivity index (χ2n) is 4.15. The van der Waals surface area contributed by atoms with Crippen LogP contribution in [0.4, 0.5) is 0 Å². The molecule has 0 spiro atoms. The molecule has 0 bridgehead atoms. The maximum Gasteiger partial charge on any atom is 0.262 e. The van der Waals surface area contributed by atoms with Gasteiger partial charge in [-0.2, -0.15) is 10.1 Å². The minimum atomic E-state index is -0.0359. The number of para-hydroxylation sites is 1. The van der Waals surface area contributed by atoms with Gasteiger partial charge in [-0.25, -0.2) is 0 Å². The van der Waals surface area contributed by atoms with Crippen molar-refractivity contribution in [3.63, 3.8) is 0 Å². The molecule has 20 heavy (non-hydrogen) atoms. The zero-order chi connectivity index (χ0) is 14.1. The Morgan fingerprint density at radius 2 is 2.15 bits per heavy atom. The molecule has 0 aliphatic heterocycles. The number of rotatable bonds is 3. The van der Waals surface area contributed by atoms with Crippen molar-refractivity contribution < 1.29 is 14.4 Å². The molecule has 1 aromatic carbocycles. The van der Waals surface area contributed by atoms with Crippen LogP contribution < -0.4 is 4.74 Å². The fourth-order valence-corrected chi connectivity index (χ4v) is 1.83. The molecule has 0 unspecified atom stereocenters. The minimum Gasteiger partial charge on any atom is -0.504 e. The summed E-state index contributed by atoms with van der Waals surface area (Å²) in [4.78, 5) is 4.23. The Labute approximate surface area is 114 Å². The Balaban J connectivity index is 2.02. The first kappa shape index (κ1) is 12.2. The standard InChI is InChI=1S/C13H12N4O3/c1-17-7-6-9(15-17)12-14-13(20-16-12)8-4-3-5-10(19-2)11(8)18/h3-7,18H,1-2H3. The van der Waals surface area contributed by atoms with Crippen LogP contribution in [0.3, 0.4) is 0 Å². The van der Waals surface area contributed by atoms with Gasteiger partial charge in [-0.1, -0.05) is 11.2 Å². The fourth-order valence-electron chi connectivity index (χ4n) is 1.83. The number of hydrogen-bond acceptors (Lipinski definition) is 6. The number of methoxy groups -OCH3 is 1. The molecule has 7 heteroatoms. The van der Waals surface area contributed by atoms with Gasteiger partial charge < -0.3 is 14.4 Å². The van der Waals surface area contributed by atoms with Crippen molar-refractivity contribution in [3.05, 3.63) is 30.5 Å². The second-order valence-corrected chi connectivity index (χ2v) is 4.15. The van der Waals surface area contributed by atoms with E-state index in [4.69, 9.17) is 9.26 Å². The van der Waals surface area contributed by atoms with Gasteiger partial charge in [0.05, 0.1) is 12.7 Å². The Kier molecular flexibility index (Phi) is 2.86. The highest BCUT2D eigenvalue weighted by Crippen LogP contribution is 2.36. The number of aromatic hydroxyl groups is 1. The number of benzene rings is 1. The van der Waals surface area contributed by atoms with Crippen LogP contribution in [0.25, 0.3) is 23.0 Å². The van der Waals surface area contributed by atoms with Gasteiger partial charge in [-0.05, 0) is 18.2 Å². The van der Waals surface area contributed by atoms with Crippen molar-refractivity contribution in [3.8, 4) is 34.5 Å². The van der Waals surface area contributed by atoms with Crippen LogP contribution in [0, 0.1) is 0 Å². The SMILES string of the molecule is COc1cccc(-c2nc(-c3ccn(C)n3)no2)c1O. The molecule has 2 aromatic heterocycles. The Morgan fingerprint density at radius 3 is 2.85 bits per heavy atom. The molecule has 0 aliphatic carbocycles. The quantitative estimate of drug-likeness (QED) is 0.783. The Morgan fingerprint density at radius 1 is 1.30 bits per heavy atom. The van der Waals surface area contributed by atoms with Crippen molar-refractivity contribution in [1.82, 2.24) is 19.9 Å². The second kappa shape index (κ2) is 4.69. The predicted molar refractivity (Wildman–Crippen MR) is 70.2 cm³/mol. The van der Waals surface area contributed by atoms with Crippen molar-refractivity contribution >= 4 is 0 Å². The van der Waals surface area contributed by atoms with Gasteiger partial charge in [0.1, 0.15) is 5.69 Å². The predicted octanol–water partition coefficient (Wildman–Crippen LogP) is 1.85. The van der Waals surface area contributed by atoms with Crippen LogP contribution in [0.15, 0.2) is 35.0 Å². The lowest BCUT2D eigenvalue weighted by Crippen LogP contribution is -1.89. The highest BCUT2D eigenvalue weighted by molar-refractivity contribution is 5.68. The first-order chi connectivity index (χ1) is 9.69. The summed E-state index contributed by atoms with van der Waals surface area (Å²) in [6.45, 7) is 0. The molecule has 0 saturated heterocycles. The normalized spacial score (nSPS) is 10.7. The number of nitrogens with zero attached hydrogens (tertiary/aromatic N) is 4. The lowest BCUT2D eigenvalue weighted by molar-refractivity contribution is 0.371. The molecule has 0 fully saturated rings. The highest BCUT2D eigenvalue weighted by Gasteiger charge is 2.17. The minimum absolute atomic E-state index is 0.0359. The molecular weight excluding hydrogens is 260 g/mol. The maximum absolute atomic E-state index is 10.1. The lowest BCUT2D eigenvalue weighted by Gasteiger charge is -2.04. The lowest BCUT2D eigenvalue weighted by atomic mass is 10.2. The largest absolute Gasteiger partial charge is 0.504 e. The van der Waals surface area contributed by atoms with E-state index in [1.165, 1.54) is 7.11 Å². The van der Waals surface area contributed by atoms with Crippen molar-refractivity contribution in [2.45, 2.75) is 0 Å².